The monoisotopic (exact) mass is 334 g/mol. The van der Waals surface area contributed by atoms with E-state index in [4.69, 9.17) is 4.74 Å². The van der Waals surface area contributed by atoms with Crippen LogP contribution < -0.4 is 0 Å². The Morgan fingerprint density at radius 2 is 1.92 bits per heavy atom. The number of carbonyl (C=O) groups is 4. The highest BCUT2D eigenvalue weighted by Crippen LogP contribution is 2.64. The molecule has 24 heavy (non-hydrogen) atoms. The molecule has 0 radical (unpaired) electrons. The Kier molecular flexibility index (Phi) is 3.97. The van der Waals surface area contributed by atoms with Gasteiger partial charge in [-0.2, -0.15) is 0 Å². The summed E-state index contributed by atoms with van der Waals surface area (Å²) in [6, 6.07) is 0. The van der Waals surface area contributed by atoms with Crippen LogP contribution in [0, 0.1) is 34.5 Å². The second-order valence-electron chi connectivity index (χ2n) is 8.55. The van der Waals surface area contributed by atoms with E-state index in [1.807, 2.05) is 20.8 Å². The lowest BCUT2D eigenvalue weighted by atomic mass is 9.42. The molecule has 0 spiro atoms. The van der Waals surface area contributed by atoms with Gasteiger partial charge in [0.2, 0.25) is 0 Å². The molecule has 2 aliphatic carbocycles. The first-order valence-corrected chi connectivity index (χ1v) is 8.85. The maximum atomic E-state index is 13.1. The van der Waals surface area contributed by atoms with E-state index in [1.54, 1.807) is 6.92 Å². The van der Waals surface area contributed by atoms with Crippen molar-refractivity contribution in [2.24, 2.45) is 34.5 Å². The number of fused-ring (bicyclic) bond motifs is 3. The van der Waals surface area contributed by atoms with E-state index >= 15 is 0 Å². The highest BCUT2D eigenvalue weighted by molar-refractivity contribution is 5.91. The van der Waals surface area contributed by atoms with Crippen molar-refractivity contribution in [1.29, 1.82) is 0 Å². The fourth-order valence-electron chi connectivity index (χ4n) is 5.99. The van der Waals surface area contributed by atoms with E-state index in [2.05, 4.69) is 0 Å². The van der Waals surface area contributed by atoms with Crippen LogP contribution in [-0.2, 0) is 23.9 Å². The average molecular weight is 334 g/mol. The molecule has 3 fully saturated rings. The number of Topliss-reactive ketones (excluding diaryl/α,β-unsaturated/α-hetero) is 2. The summed E-state index contributed by atoms with van der Waals surface area (Å²) >= 11 is 0. The van der Waals surface area contributed by atoms with E-state index in [1.165, 1.54) is 0 Å². The molecule has 5 nitrogen and oxygen atoms in total. The summed E-state index contributed by atoms with van der Waals surface area (Å²) in [7, 11) is 0. The van der Waals surface area contributed by atoms with Crippen molar-refractivity contribution in [3.05, 3.63) is 0 Å². The molecule has 0 bridgehead atoms. The molecular formula is C19H26O5. The van der Waals surface area contributed by atoms with Crippen LogP contribution in [0.15, 0.2) is 0 Å². The topological polar surface area (TPSA) is 77.5 Å². The SMILES string of the molecule is CC(=O)[C@@H]1C[C@@H](C)C(=O)[C@H]2[C@@]1(C)CC[C@H]1C(=O)O[C@@H](C=O)C[C@]21C. The number of esters is 1. The van der Waals surface area contributed by atoms with Gasteiger partial charge in [-0.05, 0) is 43.4 Å². The Labute approximate surface area is 142 Å². The predicted molar refractivity (Wildman–Crippen MR) is 85.9 cm³/mol. The van der Waals surface area contributed by atoms with Gasteiger partial charge < -0.3 is 4.74 Å². The minimum Gasteiger partial charge on any atom is -0.454 e. The molecule has 0 N–H and O–H groups in total. The van der Waals surface area contributed by atoms with Crippen molar-refractivity contribution >= 4 is 23.8 Å². The quantitative estimate of drug-likeness (QED) is 0.572. The van der Waals surface area contributed by atoms with Crippen LogP contribution in [0.4, 0.5) is 0 Å². The van der Waals surface area contributed by atoms with Crippen LogP contribution in [0.3, 0.4) is 0 Å². The Balaban J connectivity index is 2.11. The second kappa shape index (κ2) is 5.50. The Hall–Kier alpha value is -1.52. The number of cyclic esters (lactones) is 1. The maximum Gasteiger partial charge on any atom is 0.310 e. The molecule has 1 aliphatic heterocycles. The minimum absolute atomic E-state index is 0.120. The summed E-state index contributed by atoms with van der Waals surface area (Å²) in [5, 5.41) is 0. The van der Waals surface area contributed by atoms with Gasteiger partial charge in [-0.25, -0.2) is 0 Å². The summed E-state index contributed by atoms with van der Waals surface area (Å²) in [4.78, 5) is 49.1. The molecule has 5 heteroatoms. The normalized spacial score (nSPS) is 48.1. The highest BCUT2D eigenvalue weighted by Gasteiger charge is 2.65. The van der Waals surface area contributed by atoms with Crippen molar-refractivity contribution in [3.63, 3.8) is 0 Å². The van der Waals surface area contributed by atoms with Crippen LogP contribution >= 0.6 is 0 Å². The van der Waals surface area contributed by atoms with E-state index < -0.39 is 16.9 Å². The lowest BCUT2D eigenvalue weighted by Crippen LogP contribution is -2.63. The second-order valence-corrected chi connectivity index (χ2v) is 8.55. The molecule has 1 saturated heterocycles. The fourth-order valence-corrected chi connectivity index (χ4v) is 5.99. The molecule has 7 atom stereocenters. The molecule has 2 saturated carbocycles. The van der Waals surface area contributed by atoms with Crippen molar-refractivity contribution in [2.75, 3.05) is 0 Å². The van der Waals surface area contributed by atoms with E-state index in [0.29, 0.717) is 32.0 Å². The molecule has 3 aliphatic rings. The Bertz CT molecular complexity index is 611. The van der Waals surface area contributed by atoms with Crippen LogP contribution in [0.2, 0.25) is 0 Å². The van der Waals surface area contributed by atoms with Crippen molar-refractivity contribution < 1.29 is 23.9 Å². The zero-order chi connectivity index (χ0) is 17.9. The smallest absolute Gasteiger partial charge is 0.310 e. The summed E-state index contributed by atoms with van der Waals surface area (Å²) in [5.74, 6) is -1.21. The number of rotatable bonds is 2. The van der Waals surface area contributed by atoms with E-state index in [-0.39, 0.29) is 41.2 Å². The number of hydrogen-bond acceptors (Lipinski definition) is 5. The Morgan fingerprint density at radius 1 is 1.25 bits per heavy atom. The minimum atomic E-state index is -0.790. The average Bonchev–Trinajstić information content (AvgIpc) is 2.49. The van der Waals surface area contributed by atoms with Gasteiger partial charge in [0.25, 0.3) is 0 Å². The van der Waals surface area contributed by atoms with Gasteiger partial charge in [-0.15, -0.1) is 0 Å². The van der Waals surface area contributed by atoms with Crippen LogP contribution in [0.25, 0.3) is 0 Å². The molecule has 0 unspecified atom stereocenters. The summed E-state index contributed by atoms with van der Waals surface area (Å²) in [6.45, 7) is 7.46. The largest absolute Gasteiger partial charge is 0.454 e. The van der Waals surface area contributed by atoms with Crippen molar-refractivity contribution in [3.8, 4) is 0 Å². The van der Waals surface area contributed by atoms with Crippen LogP contribution in [0.1, 0.15) is 53.4 Å². The number of hydrogen-bond donors (Lipinski definition) is 0. The molecule has 132 valence electrons. The fraction of sp³-hybridized carbons (Fsp3) is 0.789. The lowest BCUT2D eigenvalue weighted by Gasteiger charge is -2.61. The first kappa shape index (κ1) is 17.3. The Morgan fingerprint density at radius 3 is 2.50 bits per heavy atom. The standard InChI is InChI=1S/C19H26O5/c1-10-7-14(11(2)21)18(3)6-5-13-17(23)24-12(9-20)8-19(13,4)16(18)15(10)22/h9-10,12-14,16H,5-8H2,1-4H3/t10-,12-,13+,14+,16+,18+,19+/m1/s1. The number of ketones is 2. The third kappa shape index (κ3) is 2.20. The van der Waals surface area contributed by atoms with Crippen molar-refractivity contribution in [1.82, 2.24) is 0 Å². The molecule has 0 amide bonds. The molecule has 1 heterocycles. The maximum absolute atomic E-state index is 13.1. The molecule has 0 aromatic carbocycles. The van der Waals surface area contributed by atoms with Gasteiger partial charge in [0.1, 0.15) is 11.6 Å². The molecule has 0 aromatic heterocycles. The summed E-state index contributed by atoms with van der Waals surface area (Å²) in [6.07, 6.45) is 2.10. The molecular weight excluding hydrogens is 308 g/mol. The summed E-state index contributed by atoms with van der Waals surface area (Å²) in [5.41, 5.74) is -1.06. The zero-order valence-electron chi connectivity index (χ0n) is 14.8. The van der Waals surface area contributed by atoms with Crippen LogP contribution in [-0.4, -0.2) is 29.9 Å². The molecule has 3 rings (SSSR count). The highest BCUT2D eigenvalue weighted by atomic mass is 16.5. The number of carbonyl (C=O) groups excluding carboxylic acids is 4. The van der Waals surface area contributed by atoms with E-state index in [9.17, 15) is 19.2 Å². The van der Waals surface area contributed by atoms with Crippen LogP contribution in [0.5, 0.6) is 0 Å². The zero-order valence-corrected chi connectivity index (χ0v) is 14.8. The third-order valence-electron chi connectivity index (χ3n) is 7.08. The van der Waals surface area contributed by atoms with E-state index in [0.717, 1.165) is 0 Å². The van der Waals surface area contributed by atoms with Gasteiger partial charge in [-0.1, -0.05) is 20.8 Å². The van der Waals surface area contributed by atoms with Gasteiger partial charge in [0.15, 0.2) is 12.4 Å². The first-order chi connectivity index (χ1) is 11.1. The third-order valence-corrected chi connectivity index (χ3v) is 7.08. The van der Waals surface area contributed by atoms with Gasteiger partial charge in [0.05, 0.1) is 5.92 Å². The summed E-state index contributed by atoms with van der Waals surface area (Å²) < 4.78 is 5.23. The first-order valence-electron chi connectivity index (χ1n) is 8.85. The van der Waals surface area contributed by atoms with Gasteiger partial charge >= 0.3 is 5.97 Å². The number of ether oxygens (including phenoxy) is 1. The van der Waals surface area contributed by atoms with Gasteiger partial charge in [0, 0.05) is 17.8 Å². The lowest BCUT2D eigenvalue weighted by molar-refractivity contribution is -0.200. The molecule has 0 aromatic rings. The predicted octanol–water partition coefficient (Wildman–Crippen LogP) is 2.35. The van der Waals surface area contributed by atoms with Crippen molar-refractivity contribution in [2.45, 2.75) is 59.5 Å². The number of aldehydes is 1. The van der Waals surface area contributed by atoms with Gasteiger partial charge in [-0.3, -0.25) is 19.2 Å².